The summed E-state index contributed by atoms with van der Waals surface area (Å²) in [6.07, 6.45) is 0.712. The first-order valence-corrected chi connectivity index (χ1v) is 7.17. The van der Waals surface area contributed by atoms with Crippen LogP contribution in [0.5, 0.6) is 0 Å². The third-order valence-electron chi connectivity index (χ3n) is 3.05. The summed E-state index contributed by atoms with van der Waals surface area (Å²) in [5, 5.41) is 12.3. The molecule has 2 aromatic rings. The zero-order valence-electron chi connectivity index (χ0n) is 11.0. The fourth-order valence-electron chi connectivity index (χ4n) is 1.91. The standard InChI is InChI=1S/C16H18BrNO/c1-12-2-5-14(16(17)10-12)11-18-15-6-3-13(4-7-15)8-9-19/h2-7,10,18-19H,8-9,11H2,1H3. The van der Waals surface area contributed by atoms with Crippen LogP contribution in [0.25, 0.3) is 0 Å². The maximum absolute atomic E-state index is 8.87. The second-order valence-electron chi connectivity index (χ2n) is 4.62. The van der Waals surface area contributed by atoms with Crippen molar-refractivity contribution in [2.45, 2.75) is 19.9 Å². The second-order valence-corrected chi connectivity index (χ2v) is 5.47. The van der Waals surface area contributed by atoms with Gasteiger partial charge in [0.25, 0.3) is 0 Å². The lowest BCUT2D eigenvalue weighted by Crippen LogP contribution is -2.00. The number of rotatable bonds is 5. The molecule has 0 atom stereocenters. The van der Waals surface area contributed by atoms with Gasteiger partial charge in [-0.05, 0) is 48.2 Å². The van der Waals surface area contributed by atoms with Gasteiger partial charge in [0.2, 0.25) is 0 Å². The van der Waals surface area contributed by atoms with Crippen LogP contribution in [0.2, 0.25) is 0 Å². The first kappa shape index (κ1) is 14.1. The molecular formula is C16H18BrNO. The molecule has 3 heteroatoms. The summed E-state index contributed by atoms with van der Waals surface area (Å²) < 4.78 is 1.14. The molecule has 0 saturated carbocycles. The molecule has 19 heavy (non-hydrogen) atoms. The van der Waals surface area contributed by atoms with Crippen LogP contribution < -0.4 is 5.32 Å². The number of aliphatic hydroxyl groups is 1. The van der Waals surface area contributed by atoms with Crippen LogP contribution in [-0.4, -0.2) is 11.7 Å². The SMILES string of the molecule is Cc1ccc(CNc2ccc(CCO)cc2)c(Br)c1. The molecule has 0 aliphatic rings. The van der Waals surface area contributed by atoms with Crippen LogP contribution in [0.4, 0.5) is 5.69 Å². The van der Waals surface area contributed by atoms with E-state index in [0.717, 1.165) is 22.3 Å². The lowest BCUT2D eigenvalue weighted by Gasteiger charge is -2.09. The Balaban J connectivity index is 1.98. The van der Waals surface area contributed by atoms with Crippen LogP contribution in [-0.2, 0) is 13.0 Å². The van der Waals surface area contributed by atoms with E-state index in [4.69, 9.17) is 5.11 Å². The van der Waals surface area contributed by atoms with E-state index >= 15 is 0 Å². The van der Waals surface area contributed by atoms with E-state index in [-0.39, 0.29) is 6.61 Å². The molecule has 0 heterocycles. The highest BCUT2D eigenvalue weighted by Crippen LogP contribution is 2.20. The molecule has 0 fully saturated rings. The molecule has 0 amide bonds. The molecule has 0 aliphatic heterocycles. The van der Waals surface area contributed by atoms with Crippen molar-refractivity contribution in [3.05, 3.63) is 63.6 Å². The van der Waals surface area contributed by atoms with Crippen molar-refractivity contribution in [3.8, 4) is 0 Å². The molecule has 0 spiro atoms. The van der Waals surface area contributed by atoms with Crippen molar-refractivity contribution in [1.82, 2.24) is 0 Å². The maximum atomic E-state index is 8.87. The topological polar surface area (TPSA) is 32.3 Å². The Bertz CT molecular complexity index is 537. The zero-order valence-corrected chi connectivity index (χ0v) is 12.6. The van der Waals surface area contributed by atoms with Gasteiger partial charge in [-0.25, -0.2) is 0 Å². The van der Waals surface area contributed by atoms with E-state index in [9.17, 15) is 0 Å². The van der Waals surface area contributed by atoms with Crippen molar-refractivity contribution in [3.63, 3.8) is 0 Å². The average molecular weight is 320 g/mol. The van der Waals surface area contributed by atoms with Crippen molar-refractivity contribution >= 4 is 21.6 Å². The molecule has 100 valence electrons. The van der Waals surface area contributed by atoms with Crippen LogP contribution in [0.15, 0.2) is 46.9 Å². The Kier molecular flexibility index (Phi) is 5.00. The lowest BCUT2D eigenvalue weighted by atomic mass is 10.1. The van der Waals surface area contributed by atoms with Crippen molar-refractivity contribution in [2.24, 2.45) is 0 Å². The fourth-order valence-corrected chi connectivity index (χ4v) is 2.54. The number of nitrogens with one attached hydrogen (secondary N) is 1. The second kappa shape index (κ2) is 6.73. The number of hydrogen-bond acceptors (Lipinski definition) is 2. The van der Waals surface area contributed by atoms with Gasteiger partial charge in [-0.15, -0.1) is 0 Å². The molecule has 0 radical (unpaired) electrons. The third kappa shape index (κ3) is 4.08. The minimum absolute atomic E-state index is 0.198. The highest BCUT2D eigenvalue weighted by atomic mass is 79.9. The highest BCUT2D eigenvalue weighted by Gasteiger charge is 2.00. The van der Waals surface area contributed by atoms with Gasteiger partial charge < -0.3 is 10.4 Å². The van der Waals surface area contributed by atoms with E-state index in [1.165, 1.54) is 11.1 Å². The number of benzene rings is 2. The van der Waals surface area contributed by atoms with E-state index in [1.54, 1.807) is 0 Å². The van der Waals surface area contributed by atoms with E-state index < -0.39 is 0 Å². The lowest BCUT2D eigenvalue weighted by molar-refractivity contribution is 0.299. The van der Waals surface area contributed by atoms with Gasteiger partial charge in [0.1, 0.15) is 0 Å². The van der Waals surface area contributed by atoms with Gasteiger partial charge in [-0.1, -0.05) is 40.2 Å². The molecule has 0 bridgehead atoms. The first-order valence-electron chi connectivity index (χ1n) is 6.38. The predicted molar refractivity (Wildman–Crippen MR) is 83.4 cm³/mol. The van der Waals surface area contributed by atoms with Gasteiger partial charge in [0.05, 0.1) is 0 Å². The fraction of sp³-hybridized carbons (Fsp3) is 0.250. The highest BCUT2D eigenvalue weighted by molar-refractivity contribution is 9.10. The molecular weight excluding hydrogens is 302 g/mol. The van der Waals surface area contributed by atoms with Crippen molar-refractivity contribution in [1.29, 1.82) is 0 Å². The molecule has 0 aromatic heterocycles. The Labute approximate surface area is 122 Å². The van der Waals surface area contributed by atoms with E-state index in [2.05, 4.69) is 46.4 Å². The minimum atomic E-state index is 0.198. The number of aliphatic hydroxyl groups excluding tert-OH is 1. The van der Waals surface area contributed by atoms with Crippen molar-refractivity contribution in [2.75, 3.05) is 11.9 Å². The van der Waals surface area contributed by atoms with Crippen LogP contribution in [0.3, 0.4) is 0 Å². The van der Waals surface area contributed by atoms with E-state index in [0.29, 0.717) is 6.42 Å². The summed E-state index contributed by atoms with van der Waals surface area (Å²) in [4.78, 5) is 0. The summed E-state index contributed by atoms with van der Waals surface area (Å²) in [6.45, 7) is 3.07. The first-order chi connectivity index (χ1) is 9.19. The van der Waals surface area contributed by atoms with E-state index in [1.807, 2.05) is 24.3 Å². The molecule has 2 nitrogen and oxygen atoms in total. The number of hydrogen-bond donors (Lipinski definition) is 2. The Morgan fingerprint density at radius 3 is 2.47 bits per heavy atom. The van der Waals surface area contributed by atoms with Crippen LogP contribution in [0.1, 0.15) is 16.7 Å². The quantitative estimate of drug-likeness (QED) is 0.875. The monoisotopic (exact) mass is 319 g/mol. The third-order valence-corrected chi connectivity index (χ3v) is 3.78. The average Bonchev–Trinajstić information content (AvgIpc) is 2.40. The van der Waals surface area contributed by atoms with Crippen LogP contribution in [0, 0.1) is 6.92 Å². The normalized spacial score (nSPS) is 10.5. The summed E-state index contributed by atoms with van der Waals surface area (Å²) in [5.74, 6) is 0. The molecule has 2 N–H and O–H groups in total. The maximum Gasteiger partial charge on any atom is 0.0471 e. The van der Waals surface area contributed by atoms with Crippen molar-refractivity contribution < 1.29 is 5.11 Å². The number of anilines is 1. The van der Waals surface area contributed by atoms with Gasteiger partial charge in [-0.2, -0.15) is 0 Å². The Morgan fingerprint density at radius 2 is 1.84 bits per heavy atom. The molecule has 0 aliphatic carbocycles. The minimum Gasteiger partial charge on any atom is -0.396 e. The predicted octanol–water partition coefficient (Wildman–Crippen LogP) is 3.90. The summed E-state index contributed by atoms with van der Waals surface area (Å²) in [7, 11) is 0. The summed E-state index contributed by atoms with van der Waals surface area (Å²) in [6, 6.07) is 14.6. The smallest absolute Gasteiger partial charge is 0.0471 e. The van der Waals surface area contributed by atoms with Gasteiger partial charge in [0.15, 0.2) is 0 Å². The Hall–Kier alpha value is -1.32. The molecule has 0 saturated heterocycles. The summed E-state index contributed by atoms with van der Waals surface area (Å²) in [5.41, 5.74) is 4.74. The Morgan fingerprint density at radius 1 is 1.11 bits per heavy atom. The number of halogens is 1. The van der Waals surface area contributed by atoms with Gasteiger partial charge in [0, 0.05) is 23.3 Å². The van der Waals surface area contributed by atoms with Crippen LogP contribution >= 0.6 is 15.9 Å². The molecule has 2 aromatic carbocycles. The molecule has 2 rings (SSSR count). The van der Waals surface area contributed by atoms with Gasteiger partial charge in [-0.3, -0.25) is 0 Å². The summed E-state index contributed by atoms with van der Waals surface area (Å²) >= 11 is 3.59. The molecule has 0 unspecified atom stereocenters. The number of aryl methyl sites for hydroxylation is 1. The largest absolute Gasteiger partial charge is 0.396 e. The zero-order chi connectivity index (χ0) is 13.7. The van der Waals surface area contributed by atoms with Gasteiger partial charge >= 0.3 is 0 Å².